The van der Waals surface area contributed by atoms with Crippen molar-refractivity contribution < 1.29 is 4.74 Å². The van der Waals surface area contributed by atoms with Crippen LogP contribution < -0.4 is 5.32 Å². The van der Waals surface area contributed by atoms with Crippen molar-refractivity contribution in [3.05, 3.63) is 0 Å². The van der Waals surface area contributed by atoms with Crippen LogP contribution in [0.3, 0.4) is 0 Å². The highest BCUT2D eigenvalue weighted by atomic mass is 16.5. The summed E-state index contributed by atoms with van der Waals surface area (Å²) in [7, 11) is 0. The average Bonchev–Trinajstić information content (AvgIpc) is 2.43. The van der Waals surface area contributed by atoms with Crippen LogP contribution in [0.2, 0.25) is 0 Å². The molecular weight excluding hydrogens is 236 g/mol. The van der Waals surface area contributed by atoms with Gasteiger partial charge in [0.25, 0.3) is 0 Å². The van der Waals surface area contributed by atoms with Crippen molar-refractivity contribution in [3.63, 3.8) is 0 Å². The predicted molar refractivity (Wildman–Crippen MR) is 80.6 cm³/mol. The quantitative estimate of drug-likeness (QED) is 0.852. The molecule has 2 aliphatic rings. The van der Waals surface area contributed by atoms with Gasteiger partial charge in [-0.25, -0.2) is 0 Å². The lowest BCUT2D eigenvalue weighted by atomic mass is 9.85. The fourth-order valence-electron chi connectivity index (χ4n) is 3.63. The summed E-state index contributed by atoms with van der Waals surface area (Å²) in [6, 6.07) is 1.42. The largest absolute Gasteiger partial charge is 0.375 e. The van der Waals surface area contributed by atoms with Gasteiger partial charge in [-0.2, -0.15) is 0 Å². The van der Waals surface area contributed by atoms with E-state index in [0.717, 1.165) is 25.5 Å². The number of ether oxygens (including phenoxy) is 1. The SMILES string of the molecule is CCC1(CC)CC(N2CCCNC(C)CC2)CCO1. The number of nitrogens with one attached hydrogen (secondary N) is 1. The van der Waals surface area contributed by atoms with Crippen molar-refractivity contribution in [3.8, 4) is 0 Å². The predicted octanol–water partition coefficient (Wildman–Crippen LogP) is 2.80. The Bertz CT molecular complexity index is 265. The molecule has 2 atom stereocenters. The Balaban J connectivity index is 1.95. The minimum atomic E-state index is 0.162. The monoisotopic (exact) mass is 268 g/mol. The molecule has 112 valence electrons. The van der Waals surface area contributed by atoms with Crippen LogP contribution in [0.4, 0.5) is 0 Å². The molecule has 2 aliphatic heterocycles. The Labute approximate surface area is 119 Å². The maximum absolute atomic E-state index is 6.12. The third kappa shape index (κ3) is 3.93. The second kappa shape index (κ2) is 7.05. The highest BCUT2D eigenvalue weighted by molar-refractivity contribution is 4.90. The van der Waals surface area contributed by atoms with Gasteiger partial charge in [0.2, 0.25) is 0 Å². The maximum Gasteiger partial charge on any atom is 0.0692 e. The van der Waals surface area contributed by atoms with Crippen LogP contribution in [0.5, 0.6) is 0 Å². The van der Waals surface area contributed by atoms with Gasteiger partial charge in [0.05, 0.1) is 5.60 Å². The summed E-state index contributed by atoms with van der Waals surface area (Å²) >= 11 is 0. The second-order valence-electron chi connectivity index (χ2n) is 6.42. The first-order valence-electron chi connectivity index (χ1n) is 8.30. The molecule has 2 saturated heterocycles. The van der Waals surface area contributed by atoms with E-state index in [4.69, 9.17) is 4.74 Å². The van der Waals surface area contributed by atoms with Gasteiger partial charge in [0, 0.05) is 18.7 Å². The van der Waals surface area contributed by atoms with E-state index in [-0.39, 0.29) is 5.60 Å². The summed E-state index contributed by atoms with van der Waals surface area (Å²) in [5, 5.41) is 3.60. The number of hydrogen-bond donors (Lipinski definition) is 1. The smallest absolute Gasteiger partial charge is 0.0692 e. The van der Waals surface area contributed by atoms with Crippen molar-refractivity contribution in [2.45, 2.75) is 77.0 Å². The number of rotatable bonds is 3. The van der Waals surface area contributed by atoms with Crippen LogP contribution in [0.1, 0.15) is 59.3 Å². The average molecular weight is 268 g/mol. The zero-order valence-electron chi connectivity index (χ0n) is 13.1. The zero-order chi connectivity index (χ0) is 13.7. The molecule has 0 bridgehead atoms. The van der Waals surface area contributed by atoms with Crippen molar-refractivity contribution in [2.24, 2.45) is 0 Å². The van der Waals surface area contributed by atoms with E-state index in [0.29, 0.717) is 6.04 Å². The molecule has 2 fully saturated rings. The lowest BCUT2D eigenvalue weighted by Crippen LogP contribution is -2.50. The Hall–Kier alpha value is -0.120. The van der Waals surface area contributed by atoms with Crippen molar-refractivity contribution >= 4 is 0 Å². The summed E-state index contributed by atoms with van der Waals surface area (Å²) in [6.07, 6.45) is 7.35. The van der Waals surface area contributed by atoms with Gasteiger partial charge in [-0.1, -0.05) is 13.8 Å². The number of nitrogens with zero attached hydrogens (tertiary/aromatic N) is 1. The van der Waals surface area contributed by atoms with Gasteiger partial charge in [-0.05, 0) is 65.1 Å². The Morgan fingerprint density at radius 1 is 1.21 bits per heavy atom. The van der Waals surface area contributed by atoms with E-state index in [1.165, 1.54) is 45.3 Å². The normalized spacial score (nSPS) is 33.6. The summed E-state index contributed by atoms with van der Waals surface area (Å²) in [5.74, 6) is 0. The Morgan fingerprint density at radius 2 is 2.00 bits per heavy atom. The first kappa shape index (κ1) is 15.3. The third-order valence-corrected chi connectivity index (χ3v) is 5.24. The van der Waals surface area contributed by atoms with Gasteiger partial charge < -0.3 is 15.0 Å². The molecule has 2 unspecified atom stereocenters. The summed E-state index contributed by atoms with van der Waals surface area (Å²) in [5.41, 5.74) is 0.162. The molecule has 2 rings (SSSR count). The van der Waals surface area contributed by atoms with Crippen LogP contribution >= 0.6 is 0 Å². The van der Waals surface area contributed by atoms with Gasteiger partial charge >= 0.3 is 0 Å². The van der Waals surface area contributed by atoms with Gasteiger partial charge in [0.15, 0.2) is 0 Å². The molecule has 0 spiro atoms. The topological polar surface area (TPSA) is 24.5 Å². The maximum atomic E-state index is 6.12. The molecule has 0 aromatic rings. The first-order chi connectivity index (χ1) is 9.19. The van der Waals surface area contributed by atoms with Crippen LogP contribution in [0.15, 0.2) is 0 Å². The molecule has 0 aromatic carbocycles. The molecule has 0 radical (unpaired) electrons. The third-order valence-electron chi connectivity index (χ3n) is 5.24. The molecule has 1 N–H and O–H groups in total. The standard InChI is InChI=1S/C16H32N2O/c1-4-16(5-2)13-15(8-12-19-16)18-10-6-9-17-14(3)7-11-18/h14-15,17H,4-13H2,1-3H3. The van der Waals surface area contributed by atoms with Gasteiger partial charge in [-0.15, -0.1) is 0 Å². The fourth-order valence-corrected chi connectivity index (χ4v) is 3.63. The lowest BCUT2D eigenvalue weighted by Gasteiger charge is -2.45. The molecule has 0 amide bonds. The molecule has 2 heterocycles. The summed E-state index contributed by atoms with van der Waals surface area (Å²) in [6.45, 7) is 11.5. The van der Waals surface area contributed by atoms with E-state index >= 15 is 0 Å². The van der Waals surface area contributed by atoms with E-state index in [9.17, 15) is 0 Å². The summed E-state index contributed by atoms with van der Waals surface area (Å²) < 4.78 is 6.12. The van der Waals surface area contributed by atoms with Crippen molar-refractivity contribution in [1.82, 2.24) is 10.2 Å². The minimum absolute atomic E-state index is 0.162. The highest BCUT2D eigenvalue weighted by Crippen LogP contribution is 2.33. The Kier molecular flexibility index (Phi) is 5.67. The first-order valence-corrected chi connectivity index (χ1v) is 8.30. The zero-order valence-corrected chi connectivity index (χ0v) is 13.1. The summed E-state index contributed by atoms with van der Waals surface area (Å²) in [4.78, 5) is 2.75. The molecule has 0 aromatic heterocycles. The van der Waals surface area contributed by atoms with E-state index in [1.807, 2.05) is 0 Å². The van der Waals surface area contributed by atoms with Crippen LogP contribution in [0.25, 0.3) is 0 Å². The molecule has 3 heteroatoms. The fraction of sp³-hybridized carbons (Fsp3) is 1.00. The van der Waals surface area contributed by atoms with Gasteiger partial charge in [0.1, 0.15) is 0 Å². The molecule has 0 aliphatic carbocycles. The van der Waals surface area contributed by atoms with Gasteiger partial charge in [-0.3, -0.25) is 0 Å². The molecule has 3 nitrogen and oxygen atoms in total. The lowest BCUT2D eigenvalue weighted by molar-refractivity contribution is -0.111. The van der Waals surface area contributed by atoms with Crippen LogP contribution in [-0.4, -0.2) is 48.8 Å². The molecule has 19 heavy (non-hydrogen) atoms. The highest BCUT2D eigenvalue weighted by Gasteiger charge is 2.36. The Morgan fingerprint density at radius 3 is 2.74 bits per heavy atom. The minimum Gasteiger partial charge on any atom is -0.375 e. The van der Waals surface area contributed by atoms with E-state index < -0.39 is 0 Å². The van der Waals surface area contributed by atoms with Crippen molar-refractivity contribution in [2.75, 3.05) is 26.2 Å². The number of hydrogen-bond acceptors (Lipinski definition) is 3. The molecule has 0 saturated carbocycles. The molecular formula is C16H32N2O. The van der Waals surface area contributed by atoms with E-state index in [2.05, 4.69) is 31.0 Å². The second-order valence-corrected chi connectivity index (χ2v) is 6.42. The van der Waals surface area contributed by atoms with Crippen molar-refractivity contribution in [1.29, 1.82) is 0 Å². The van der Waals surface area contributed by atoms with Crippen LogP contribution in [-0.2, 0) is 4.74 Å². The van der Waals surface area contributed by atoms with Crippen LogP contribution in [0, 0.1) is 0 Å². The van der Waals surface area contributed by atoms with E-state index in [1.54, 1.807) is 0 Å².